The molecule has 4 nitrogen and oxygen atoms in total. The van der Waals surface area contributed by atoms with Gasteiger partial charge in [-0.3, -0.25) is 9.59 Å². The van der Waals surface area contributed by atoms with Crippen molar-refractivity contribution < 1.29 is 9.59 Å². The molecular formula is C20H16N2O2S2. The number of amides is 2. The zero-order valence-electron chi connectivity index (χ0n) is 14.0. The van der Waals surface area contributed by atoms with Crippen molar-refractivity contribution in [3.8, 4) is 0 Å². The minimum Gasteiger partial charge on any atom is -0.326 e. The first-order valence-electron chi connectivity index (χ1n) is 8.26. The Morgan fingerprint density at radius 3 is 2.46 bits per heavy atom. The summed E-state index contributed by atoms with van der Waals surface area (Å²) in [5, 5.41) is 6.91. The van der Waals surface area contributed by atoms with Crippen LogP contribution >= 0.6 is 22.7 Å². The second-order valence-electron chi connectivity index (χ2n) is 5.84. The molecular weight excluding hydrogens is 364 g/mol. The lowest BCUT2D eigenvalue weighted by Gasteiger charge is -2.07. The van der Waals surface area contributed by atoms with Gasteiger partial charge >= 0.3 is 0 Å². The highest BCUT2D eigenvalue weighted by molar-refractivity contribution is 7.33. The number of hydrogen-bond acceptors (Lipinski definition) is 4. The fourth-order valence-corrected chi connectivity index (χ4v) is 5.15. The van der Waals surface area contributed by atoms with Gasteiger partial charge in [0.25, 0.3) is 5.91 Å². The van der Waals surface area contributed by atoms with E-state index in [4.69, 9.17) is 0 Å². The highest BCUT2D eigenvalue weighted by Crippen LogP contribution is 2.39. The van der Waals surface area contributed by atoms with Gasteiger partial charge in [0.2, 0.25) is 5.91 Å². The molecule has 0 fully saturated rings. The third-order valence-electron chi connectivity index (χ3n) is 4.00. The number of thiophene rings is 2. The molecule has 6 heteroatoms. The van der Waals surface area contributed by atoms with Crippen LogP contribution in [0.4, 0.5) is 11.4 Å². The molecule has 2 heterocycles. The Balaban J connectivity index is 1.57. The van der Waals surface area contributed by atoms with Gasteiger partial charge < -0.3 is 10.6 Å². The number of anilines is 2. The largest absolute Gasteiger partial charge is 0.326 e. The van der Waals surface area contributed by atoms with E-state index in [2.05, 4.69) is 22.8 Å². The van der Waals surface area contributed by atoms with Crippen LogP contribution in [0.25, 0.3) is 19.5 Å². The monoisotopic (exact) mass is 380 g/mol. The Hall–Kier alpha value is -2.70. The summed E-state index contributed by atoms with van der Waals surface area (Å²) in [4.78, 5) is 24.8. The van der Waals surface area contributed by atoms with Crippen LogP contribution in [-0.2, 0) is 4.79 Å². The smallest absolute Gasteiger partial charge is 0.265 e. The van der Waals surface area contributed by atoms with Crippen molar-refractivity contribution in [3.63, 3.8) is 0 Å². The summed E-state index contributed by atoms with van der Waals surface area (Å²) in [6.45, 7) is 1.80. The van der Waals surface area contributed by atoms with Crippen LogP contribution in [0.5, 0.6) is 0 Å². The fourth-order valence-electron chi connectivity index (χ4n) is 2.73. The molecule has 0 saturated heterocycles. The van der Waals surface area contributed by atoms with Gasteiger partial charge in [0, 0.05) is 32.6 Å². The van der Waals surface area contributed by atoms with Gasteiger partial charge in [0.1, 0.15) is 0 Å². The van der Waals surface area contributed by atoms with Crippen molar-refractivity contribution in [2.24, 2.45) is 0 Å². The lowest BCUT2D eigenvalue weighted by molar-refractivity contribution is -0.115. The molecule has 0 aliphatic rings. The van der Waals surface area contributed by atoms with E-state index in [1.165, 1.54) is 21.4 Å². The van der Waals surface area contributed by atoms with E-state index in [-0.39, 0.29) is 11.8 Å². The number of carbonyl (C=O) groups is 2. The maximum atomic E-state index is 12.6. The molecule has 0 unspecified atom stereocenters. The topological polar surface area (TPSA) is 58.2 Å². The predicted molar refractivity (Wildman–Crippen MR) is 111 cm³/mol. The average molecular weight is 380 g/mol. The molecule has 2 N–H and O–H groups in total. The summed E-state index contributed by atoms with van der Waals surface area (Å²) < 4.78 is 3.52. The first-order chi connectivity index (χ1) is 12.6. The van der Waals surface area contributed by atoms with Crippen LogP contribution in [0.15, 0.2) is 54.6 Å². The van der Waals surface area contributed by atoms with Gasteiger partial charge in [-0.15, -0.1) is 22.7 Å². The molecule has 0 aliphatic heterocycles. The Morgan fingerprint density at radius 2 is 1.65 bits per heavy atom. The number of nitrogens with one attached hydrogen (secondary N) is 2. The molecule has 0 atom stereocenters. The molecule has 130 valence electrons. The molecule has 2 aromatic carbocycles. The van der Waals surface area contributed by atoms with Gasteiger partial charge in [-0.05, 0) is 30.3 Å². The standard InChI is InChI=1S/C20H16N2O2S2/c1-2-18(23)21-12-6-5-7-13(10-12)22-20(24)17-11-16-19(26-17)14-8-3-4-9-15(14)25-16/h3-11H,2H2,1H3,(H,21,23)(H,22,24). The fraction of sp³-hybridized carbons (Fsp3) is 0.100. The van der Waals surface area contributed by atoms with Crippen molar-refractivity contribution >= 4 is 65.3 Å². The minimum atomic E-state index is -0.138. The van der Waals surface area contributed by atoms with Crippen LogP contribution in [0.2, 0.25) is 0 Å². The molecule has 2 aromatic heterocycles. The number of hydrogen-bond donors (Lipinski definition) is 2. The molecule has 4 rings (SSSR count). The quantitative estimate of drug-likeness (QED) is 0.476. The summed E-state index contributed by atoms with van der Waals surface area (Å²) in [5.41, 5.74) is 1.33. The maximum absolute atomic E-state index is 12.6. The van der Waals surface area contributed by atoms with Gasteiger partial charge in [-0.1, -0.05) is 31.2 Å². The van der Waals surface area contributed by atoms with Gasteiger partial charge in [-0.25, -0.2) is 0 Å². The van der Waals surface area contributed by atoms with Crippen molar-refractivity contribution in [1.29, 1.82) is 0 Å². The van der Waals surface area contributed by atoms with E-state index in [1.54, 1.807) is 36.5 Å². The molecule has 26 heavy (non-hydrogen) atoms. The highest BCUT2D eigenvalue weighted by atomic mass is 32.1. The number of rotatable bonds is 4. The van der Waals surface area contributed by atoms with Crippen molar-refractivity contribution in [1.82, 2.24) is 0 Å². The second-order valence-corrected chi connectivity index (χ2v) is 7.97. The van der Waals surface area contributed by atoms with E-state index >= 15 is 0 Å². The van der Waals surface area contributed by atoms with E-state index in [0.29, 0.717) is 22.7 Å². The van der Waals surface area contributed by atoms with Gasteiger partial charge in [0.15, 0.2) is 0 Å². The summed E-state index contributed by atoms with van der Waals surface area (Å²) in [5.74, 6) is -0.194. The summed E-state index contributed by atoms with van der Waals surface area (Å²) in [6.07, 6.45) is 0.413. The van der Waals surface area contributed by atoms with Gasteiger partial charge in [0.05, 0.1) is 9.58 Å². The molecule has 0 saturated carbocycles. The van der Waals surface area contributed by atoms with E-state index in [0.717, 1.165) is 9.40 Å². The Bertz CT molecular complexity index is 1130. The second kappa shape index (κ2) is 6.90. The number of benzene rings is 2. The van der Waals surface area contributed by atoms with Crippen LogP contribution in [-0.4, -0.2) is 11.8 Å². The third kappa shape index (κ3) is 3.21. The molecule has 2 amide bonds. The van der Waals surface area contributed by atoms with E-state index < -0.39 is 0 Å². The zero-order chi connectivity index (χ0) is 18.1. The SMILES string of the molecule is CCC(=O)Nc1cccc(NC(=O)c2cc3sc4ccccc4c3s2)c1. The van der Waals surface area contributed by atoms with Crippen molar-refractivity contribution in [2.45, 2.75) is 13.3 Å². The zero-order valence-corrected chi connectivity index (χ0v) is 15.7. The van der Waals surface area contributed by atoms with Crippen LogP contribution in [0, 0.1) is 0 Å². The highest BCUT2D eigenvalue weighted by Gasteiger charge is 2.14. The van der Waals surface area contributed by atoms with E-state index in [1.807, 2.05) is 24.3 Å². The summed E-state index contributed by atoms with van der Waals surface area (Å²) in [6, 6.07) is 17.4. The summed E-state index contributed by atoms with van der Waals surface area (Å²) >= 11 is 3.21. The normalized spacial score (nSPS) is 11.0. The average Bonchev–Trinajstić information content (AvgIpc) is 3.20. The van der Waals surface area contributed by atoms with Crippen molar-refractivity contribution in [2.75, 3.05) is 10.6 Å². The lowest BCUT2D eigenvalue weighted by Crippen LogP contribution is -2.12. The van der Waals surface area contributed by atoms with Crippen molar-refractivity contribution in [3.05, 3.63) is 59.5 Å². The van der Waals surface area contributed by atoms with Crippen LogP contribution in [0.1, 0.15) is 23.0 Å². The third-order valence-corrected chi connectivity index (χ3v) is 6.41. The molecule has 0 spiro atoms. The summed E-state index contributed by atoms with van der Waals surface area (Å²) in [7, 11) is 0. The molecule has 4 aromatic rings. The first kappa shape index (κ1) is 16.8. The Labute approximate surface area is 158 Å². The lowest BCUT2D eigenvalue weighted by atomic mass is 10.2. The Kier molecular flexibility index (Phi) is 4.44. The number of fused-ring (bicyclic) bond motifs is 3. The van der Waals surface area contributed by atoms with Crippen LogP contribution < -0.4 is 10.6 Å². The van der Waals surface area contributed by atoms with E-state index in [9.17, 15) is 9.59 Å². The minimum absolute atomic E-state index is 0.0566. The van der Waals surface area contributed by atoms with Gasteiger partial charge in [-0.2, -0.15) is 0 Å². The molecule has 0 radical (unpaired) electrons. The predicted octanol–water partition coefficient (Wildman–Crippen LogP) is 5.72. The number of carbonyl (C=O) groups excluding carboxylic acids is 2. The van der Waals surface area contributed by atoms with Crippen LogP contribution in [0.3, 0.4) is 0 Å². The maximum Gasteiger partial charge on any atom is 0.265 e. The first-order valence-corrected chi connectivity index (χ1v) is 9.89. The molecule has 0 aliphatic carbocycles. The molecule has 0 bridgehead atoms. The Morgan fingerprint density at radius 1 is 0.885 bits per heavy atom.